The van der Waals surface area contributed by atoms with Crippen LogP contribution in [0.4, 0.5) is 4.39 Å². The zero-order chi connectivity index (χ0) is 17.1. The molecule has 0 spiro atoms. The van der Waals surface area contributed by atoms with Crippen molar-refractivity contribution in [3.63, 3.8) is 0 Å². The Bertz CT molecular complexity index is 875. The molecule has 0 aliphatic carbocycles. The van der Waals surface area contributed by atoms with E-state index in [0.717, 1.165) is 27.9 Å². The van der Waals surface area contributed by atoms with Crippen LogP contribution >= 0.6 is 27.7 Å². The summed E-state index contributed by atoms with van der Waals surface area (Å²) in [5, 5.41) is 9.37. The fourth-order valence-electron chi connectivity index (χ4n) is 2.28. The summed E-state index contributed by atoms with van der Waals surface area (Å²) in [5.74, 6) is 1.95. The fraction of sp³-hybridized carbons (Fsp3) is 0.176. The molecule has 0 unspecified atom stereocenters. The highest BCUT2D eigenvalue weighted by Crippen LogP contribution is 2.29. The van der Waals surface area contributed by atoms with Crippen LogP contribution in [0.3, 0.4) is 0 Å². The molecule has 0 saturated heterocycles. The maximum absolute atomic E-state index is 13.3. The second kappa shape index (κ2) is 7.36. The highest BCUT2D eigenvalue weighted by atomic mass is 79.9. The van der Waals surface area contributed by atoms with Gasteiger partial charge in [-0.25, -0.2) is 4.39 Å². The van der Waals surface area contributed by atoms with Gasteiger partial charge >= 0.3 is 0 Å². The summed E-state index contributed by atoms with van der Waals surface area (Å²) in [4.78, 5) is 0. The van der Waals surface area contributed by atoms with Crippen LogP contribution in [0, 0.1) is 12.7 Å². The van der Waals surface area contributed by atoms with Gasteiger partial charge < -0.3 is 4.42 Å². The SMILES string of the molecule is C=CCn1c(SCc2ccc(F)c(Br)c2)nnc1-c1ccoc1C. The van der Waals surface area contributed by atoms with Crippen LogP contribution in [0.2, 0.25) is 0 Å². The molecule has 0 saturated carbocycles. The van der Waals surface area contributed by atoms with Gasteiger partial charge in [-0.3, -0.25) is 4.57 Å². The Labute approximate surface area is 151 Å². The van der Waals surface area contributed by atoms with Gasteiger partial charge in [-0.05, 0) is 46.6 Å². The van der Waals surface area contributed by atoms with Gasteiger partial charge in [0.05, 0.1) is 16.3 Å². The fourth-order valence-corrected chi connectivity index (χ4v) is 3.60. The first-order valence-electron chi connectivity index (χ1n) is 7.25. The summed E-state index contributed by atoms with van der Waals surface area (Å²) in [6.07, 6.45) is 3.45. The molecule has 124 valence electrons. The van der Waals surface area contributed by atoms with Crippen molar-refractivity contribution in [2.75, 3.05) is 0 Å². The smallest absolute Gasteiger partial charge is 0.192 e. The predicted octanol–water partition coefficient (Wildman–Crippen LogP) is 5.23. The van der Waals surface area contributed by atoms with Crippen LogP contribution in [0.1, 0.15) is 11.3 Å². The molecule has 2 heterocycles. The Morgan fingerprint density at radius 2 is 2.21 bits per heavy atom. The molecular weight excluding hydrogens is 393 g/mol. The minimum atomic E-state index is -0.267. The summed E-state index contributed by atoms with van der Waals surface area (Å²) in [6.45, 7) is 6.30. The summed E-state index contributed by atoms with van der Waals surface area (Å²) in [7, 11) is 0. The Hall–Kier alpha value is -1.86. The van der Waals surface area contributed by atoms with Crippen LogP contribution in [0.5, 0.6) is 0 Å². The average molecular weight is 408 g/mol. The molecule has 0 aliphatic rings. The van der Waals surface area contributed by atoms with E-state index in [-0.39, 0.29) is 5.82 Å². The second-order valence-electron chi connectivity index (χ2n) is 5.13. The molecule has 0 fully saturated rings. The van der Waals surface area contributed by atoms with E-state index >= 15 is 0 Å². The monoisotopic (exact) mass is 407 g/mol. The molecule has 24 heavy (non-hydrogen) atoms. The van der Waals surface area contributed by atoms with Gasteiger partial charge in [0.1, 0.15) is 11.6 Å². The van der Waals surface area contributed by atoms with Gasteiger partial charge in [0.15, 0.2) is 11.0 Å². The van der Waals surface area contributed by atoms with Crippen molar-refractivity contribution >= 4 is 27.7 Å². The Morgan fingerprint density at radius 1 is 1.38 bits per heavy atom. The zero-order valence-corrected chi connectivity index (χ0v) is 15.4. The van der Waals surface area contributed by atoms with Crippen molar-refractivity contribution in [3.05, 3.63) is 64.8 Å². The van der Waals surface area contributed by atoms with Gasteiger partial charge in [-0.1, -0.05) is 23.9 Å². The first-order chi connectivity index (χ1) is 11.6. The number of thioether (sulfide) groups is 1. The molecule has 7 heteroatoms. The molecule has 0 aliphatic heterocycles. The van der Waals surface area contributed by atoms with E-state index < -0.39 is 0 Å². The van der Waals surface area contributed by atoms with E-state index in [4.69, 9.17) is 4.42 Å². The number of benzene rings is 1. The van der Waals surface area contributed by atoms with Crippen LogP contribution in [0.15, 0.2) is 57.2 Å². The lowest BCUT2D eigenvalue weighted by Crippen LogP contribution is -2.00. The van der Waals surface area contributed by atoms with Gasteiger partial charge in [0, 0.05) is 12.3 Å². The lowest BCUT2D eigenvalue weighted by molar-refractivity contribution is 0.534. The third-order valence-electron chi connectivity index (χ3n) is 3.48. The summed E-state index contributed by atoms with van der Waals surface area (Å²) in [6, 6.07) is 6.87. The topological polar surface area (TPSA) is 43.9 Å². The van der Waals surface area contributed by atoms with Gasteiger partial charge in [0.25, 0.3) is 0 Å². The Morgan fingerprint density at radius 3 is 2.88 bits per heavy atom. The average Bonchev–Trinajstić information content (AvgIpc) is 3.15. The molecule has 0 bridgehead atoms. The third-order valence-corrected chi connectivity index (χ3v) is 5.13. The lowest BCUT2D eigenvalue weighted by Gasteiger charge is -2.07. The standard InChI is InChI=1S/C17H15BrFN3OS/c1-3-7-22-16(13-6-8-23-11(13)2)20-21-17(22)24-10-12-4-5-15(19)14(18)9-12/h3-6,8-9H,1,7,10H2,2H3. The minimum absolute atomic E-state index is 0.267. The number of hydrogen-bond acceptors (Lipinski definition) is 4. The predicted molar refractivity (Wildman–Crippen MR) is 96.3 cm³/mol. The second-order valence-corrected chi connectivity index (χ2v) is 6.93. The summed E-state index contributed by atoms with van der Waals surface area (Å²) < 4.78 is 21.1. The van der Waals surface area contributed by atoms with E-state index in [1.807, 2.05) is 17.6 Å². The number of furan rings is 1. The molecule has 0 amide bonds. The molecule has 0 radical (unpaired) electrons. The number of rotatable bonds is 6. The lowest BCUT2D eigenvalue weighted by atomic mass is 10.2. The first-order valence-corrected chi connectivity index (χ1v) is 9.03. The largest absolute Gasteiger partial charge is 0.469 e. The van der Waals surface area contributed by atoms with Crippen LogP contribution < -0.4 is 0 Å². The number of aryl methyl sites for hydroxylation is 1. The van der Waals surface area contributed by atoms with Gasteiger partial charge in [-0.2, -0.15) is 0 Å². The molecule has 0 N–H and O–H groups in total. The number of hydrogen-bond donors (Lipinski definition) is 0. The van der Waals surface area contributed by atoms with E-state index in [1.54, 1.807) is 36.2 Å². The van der Waals surface area contributed by atoms with Crippen LogP contribution in [-0.4, -0.2) is 14.8 Å². The number of allylic oxidation sites excluding steroid dienone is 1. The molecule has 0 atom stereocenters. The van der Waals surface area contributed by atoms with Crippen molar-refractivity contribution < 1.29 is 8.81 Å². The quantitative estimate of drug-likeness (QED) is 0.414. The molecule has 1 aromatic carbocycles. The maximum atomic E-state index is 13.3. The zero-order valence-electron chi connectivity index (χ0n) is 13.0. The van der Waals surface area contributed by atoms with Crippen molar-refractivity contribution in [1.29, 1.82) is 0 Å². The summed E-state index contributed by atoms with van der Waals surface area (Å²) >= 11 is 4.76. The van der Waals surface area contributed by atoms with Crippen molar-refractivity contribution in [2.24, 2.45) is 0 Å². The number of aromatic nitrogens is 3. The first kappa shape index (κ1) is 17.0. The maximum Gasteiger partial charge on any atom is 0.192 e. The normalized spacial score (nSPS) is 11.0. The highest BCUT2D eigenvalue weighted by molar-refractivity contribution is 9.10. The molecule has 3 aromatic rings. The third kappa shape index (κ3) is 3.47. The molecule has 3 rings (SSSR count). The molecular formula is C17H15BrFN3OS. The van der Waals surface area contributed by atoms with E-state index in [9.17, 15) is 4.39 Å². The van der Waals surface area contributed by atoms with Crippen LogP contribution in [-0.2, 0) is 12.3 Å². The number of nitrogens with zero attached hydrogens (tertiary/aromatic N) is 3. The summed E-state index contributed by atoms with van der Waals surface area (Å²) in [5.41, 5.74) is 1.92. The molecule has 2 aromatic heterocycles. The van der Waals surface area contributed by atoms with Gasteiger partial charge in [0.2, 0.25) is 0 Å². The van der Waals surface area contributed by atoms with E-state index in [2.05, 4.69) is 32.7 Å². The van der Waals surface area contributed by atoms with E-state index in [1.165, 1.54) is 6.07 Å². The Balaban J connectivity index is 1.85. The van der Waals surface area contributed by atoms with E-state index in [0.29, 0.717) is 16.8 Å². The minimum Gasteiger partial charge on any atom is -0.469 e. The van der Waals surface area contributed by atoms with Crippen molar-refractivity contribution in [1.82, 2.24) is 14.8 Å². The van der Waals surface area contributed by atoms with Gasteiger partial charge in [-0.15, -0.1) is 16.8 Å². The highest BCUT2D eigenvalue weighted by Gasteiger charge is 2.16. The number of halogens is 2. The molecule has 4 nitrogen and oxygen atoms in total. The van der Waals surface area contributed by atoms with Crippen LogP contribution in [0.25, 0.3) is 11.4 Å². The van der Waals surface area contributed by atoms with Crippen molar-refractivity contribution in [2.45, 2.75) is 24.4 Å². The van der Waals surface area contributed by atoms with Crippen molar-refractivity contribution in [3.8, 4) is 11.4 Å². The Kier molecular flexibility index (Phi) is 5.20.